The van der Waals surface area contributed by atoms with Crippen LogP contribution in [0.2, 0.25) is 0 Å². The van der Waals surface area contributed by atoms with Gasteiger partial charge in [0, 0.05) is 19.5 Å². The van der Waals surface area contributed by atoms with Crippen molar-refractivity contribution in [1.29, 1.82) is 0 Å². The summed E-state index contributed by atoms with van der Waals surface area (Å²) in [5.41, 5.74) is 1.93. The van der Waals surface area contributed by atoms with E-state index in [4.69, 9.17) is 9.47 Å². The molecule has 0 aliphatic rings. The quantitative estimate of drug-likeness (QED) is 0.319. The zero-order valence-corrected chi connectivity index (χ0v) is 24.2. The van der Waals surface area contributed by atoms with Crippen molar-refractivity contribution in [2.45, 2.75) is 32.4 Å². The second-order valence-electron chi connectivity index (χ2n) is 9.34. The number of sulfonamides is 1. The summed E-state index contributed by atoms with van der Waals surface area (Å²) in [5, 5.41) is 2.92. The van der Waals surface area contributed by atoms with Crippen molar-refractivity contribution in [2.75, 3.05) is 37.9 Å². The van der Waals surface area contributed by atoms with E-state index in [-0.39, 0.29) is 18.9 Å². The molecule has 3 rings (SSSR count). The van der Waals surface area contributed by atoms with Crippen LogP contribution in [0.1, 0.15) is 24.5 Å². The van der Waals surface area contributed by atoms with E-state index in [1.54, 1.807) is 49.6 Å². The number of benzene rings is 3. The molecule has 0 aliphatic heterocycles. The predicted molar refractivity (Wildman–Crippen MR) is 156 cm³/mol. The first-order valence-electron chi connectivity index (χ1n) is 13.0. The van der Waals surface area contributed by atoms with Gasteiger partial charge in [0.2, 0.25) is 21.8 Å². The van der Waals surface area contributed by atoms with Gasteiger partial charge in [-0.2, -0.15) is 0 Å². The molecule has 0 aliphatic carbocycles. The molecule has 0 saturated carbocycles. The van der Waals surface area contributed by atoms with Crippen molar-refractivity contribution in [3.63, 3.8) is 0 Å². The zero-order valence-electron chi connectivity index (χ0n) is 23.4. The highest BCUT2D eigenvalue weighted by Crippen LogP contribution is 2.23. The predicted octanol–water partition coefficient (Wildman–Crippen LogP) is 3.64. The maximum absolute atomic E-state index is 14.0. The minimum absolute atomic E-state index is 0.0767. The fraction of sp³-hybridized carbons (Fsp3) is 0.333. The molecule has 0 aromatic heterocycles. The van der Waals surface area contributed by atoms with E-state index < -0.39 is 28.5 Å². The number of nitrogens with one attached hydrogen (secondary N) is 1. The van der Waals surface area contributed by atoms with E-state index in [0.29, 0.717) is 23.7 Å². The van der Waals surface area contributed by atoms with E-state index in [0.717, 1.165) is 28.1 Å². The van der Waals surface area contributed by atoms with Crippen LogP contribution in [0.5, 0.6) is 11.5 Å². The largest absolute Gasteiger partial charge is 0.497 e. The maximum Gasteiger partial charge on any atom is 0.244 e. The molecule has 0 radical (unpaired) electrons. The first-order valence-corrected chi connectivity index (χ1v) is 14.9. The Morgan fingerprint density at radius 2 is 1.52 bits per heavy atom. The number of carbonyl (C=O) groups is 2. The molecule has 1 atom stereocenters. The number of carbonyl (C=O) groups excluding carboxylic acids is 2. The number of nitrogens with zero attached hydrogens (tertiary/aromatic N) is 2. The normalized spacial score (nSPS) is 11.8. The molecule has 1 N–H and O–H groups in total. The van der Waals surface area contributed by atoms with Crippen molar-refractivity contribution in [2.24, 2.45) is 0 Å². The van der Waals surface area contributed by atoms with Crippen LogP contribution in [-0.2, 0) is 32.6 Å². The molecular weight excluding hydrogens is 530 g/mol. The summed E-state index contributed by atoms with van der Waals surface area (Å²) in [5.74, 6) is 0.337. The molecule has 9 nitrogen and oxygen atoms in total. The van der Waals surface area contributed by atoms with Crippen LogP contribution in [0.4, 0.5) is 5.69 Å². The summed E-state index contributed by atoms with van der Waals surface area (Å²) in [4.78, 5) is 29.0. The standard InChI is InChI=1S/C30H37N3O6S/c1-5-18-31-30(35)28(20-23-10-7-6-8-11-23)32(21-24-12-9-13-27(19-24)39-3)29(34)22-33(40(4,36)37)25-14-16-26(38-2)17-15-25/h6-17,19,28H,5,18,20-22H2,1-4H3,(H,31,35). The van der Waals surface area contributed by atoms with Crippen molar-refractivity contribution in [3.8, 4) is 11.5 Å². The molecule has 1 unspecified atom stereocenters. The van der Waals surface area contributed by atoms with Crippen molar-refractivity contribution in [1.82, 2.24) is 10.2 Å². The third-order valence-corrected chi connectivity index (χ3v) is 7.49. The molecule has 0 saturated heterocycles. The van der Waals surface area contributed by atoms with E-state index in [1.807, 2.05) is 43.3 Å². The topological polar surface area (TPSA) is 105 Å². The maximum atomic E-state index is 14.0. The molecule has 214 valence electrons. The molecule has 0 bridgehead atoms. The van der Waals surface area contributed by atoms with Crippen LogP contribution in [0.15, 0.2) is 78.9 Å². The minimum Gasteiger partial charge on any atom is -0.497 e. The Morgan fingerprint density at radius 3 is 2.12 bits per heavy atom. The number of ether oxygens (including phenoxy) is 2. The zero-order chi connectivity index (χ0) is 29.1. The van der Waals surface area contributed by atoms with Gasteiger partial charge >= 0.3 is 0 Å². The Balaban J connectivity index is 2.04. The number of hydrogen-bond donors (Lipinski definition) is 1. The lowest BCUT2D eigenvalue weighted by atomic mass is 10.0. The lowest BCUT2D eigenvalue weighted by Gasteiger charge is -2.33. The number of amides is 2. The molecule has 10 heteroatoms. The van der Waals surface area contributed by atoms with Gasteiger partial charge in [0.15, 0.2) is 0 Å². The van der Waals surface area contributed by atoms with E-state index in [9.17, 15) is 18.0 Å². The fourth-order valence-corrected chi connectivity index (χ4v) is 5.10. The highest BCUT2D eigenvalue weighted by Gasteiger charge is 2.33. The Hall–Kier alpha value is -4.05. The van der Waals surface area contributed by atoms with Gasteiger partial charge in [-0.15, -0.1) is 0 Å². The van der Waals surface area contributed by atoms with Crippen molar-refractivity contribution >= 4 is 27.5 Å². The third kappa shape index (κ3) is 8.47. The van der Waals surface area contributed by atoms with Crippen LogP contribution in [0.25, 0.3) is 0 Å². The summed E-state index contributed by atoms with van der Waals surface area (Å²) in [6.07, 6.45) is 2.03. The van der Waals surface area contributed by atoms with Gasteiger partial charge in [-0.05, 0) is 53.9 Å². The molecule has 0 heterocycles. The number of hydrogen-bond acceptors (Lipinski definition) is 6. The Morgan fingerprint density at radius 1 is 0.875 bits per heavy atom. The van der Waals surface area contributed by atoms with E-state index >= 15 is 0 Å². The first kappa shape index (κ1) is 30.5. The van der Waals surface area contributed by atoms with Gasteiger partial charge < -0.3 is 19.7 Å². The summed E-state index contributed by atoms with van der Waals surface area (Å²) in [6, 6.07) is 22.2. The first-order chi connectivity index (χ1) is 19.2. The average molecular weight is 568 g/mol. The molecular formula is C30H37N3O6S. The van der Waals surface area contributed by atoms with Crippen LogP contribution < -0.4 is 19.1 Å². The highest BCUT2D eigenvalue weighted by molar-refractivity contribution is 7.92. The number of rotatable bonds is 14. The smallest absolute Gasteiger partial charge is 0.244 e. The minimum atomic E-state index is -3.84. The van der Waals surface area contributed by atoms with Gasteiger partial charge in [-0.1, -0.05) is 49.4 Å². The Labute approximate surface area is 236 Å². The Bertz CT molecular complexity index is 1360. The highest BCUT2D eigenvalue weighted by atomic mass is 32.2. The van der Waals surface area contributed by atoms with Gasteiger partial charge in [0.25, 0.3) is 0 Å². The monoisotopic (exact) mass is 567 g/mol. The average Bonchev–Trinajstić information content (AvgIpc) is 2.96. The summed E-state index contributed by atoms with van der Waals surface area (Å²) < 4.78 is 37.3. The van der Waals surface area contributed by atoms with Crippen LogP contribution in [0.3, 0.4) is 0 Å². The van der Waals surface area contributed by atoms with Crippen LogP contribution >= 0.6 is 0 Å². The van der Waals surface area contributed by atoms with Crippen LogP contribution in [-0.4, -0.2) is 64.7 Å². The van der Waals surface area contributed by atoms with Gasteiger partial charge in [0.05, 0.1) is 26.2 Å². The van der Waals surface area contributed by atoms with Crippen molar-refractivity contribution in [3.05, 3.63) is 90.0 Å². The van der Waals surface area contributed by atoms with Crippen molar-refractivity contribution < 1.29 is 27.5 Å². The lowest BCUT2D eigenvalue weighted by Crippen LogP contribution is -2.53. The molecule has 40 heavy (non-hydrogen) atoms. The SMILES string of the molecule is CCCNC(=O)C(Cc1ccccc1)N(Cc1cccc(OC)c1)C(=O)CN(c1ccc(OC)cc1)S(C)(=O)=O. The van der Waals surface area contributed by atoms with Gasteiger partial charge in [0.1, 0.15) is 24.1 Å². The lowest BCUT2D eigenvalue weighted by molar-refractivity contribution is -0.140. The summed E-state index contributed by atoms with van der Waals surface area (Å²) in [7, 11) is -0.778. The van der Waals surface area contributed by atoms with E-state index in [2.05, 4.69) is 5.32 Å². The molecule has 2 amide bonds. The van der Waals surface area contributed by atoms with Gasteiger partial charge in [-0.25, -0.2) is 8.42 Å². The molecule has 3 aromatic rings. The fourth-order valence-electron chi connectivity index (χ4n) is 4.25. The van der Waals surface area contributed by atoms with Crippen LogP contribution in [0, 0.1) is 0 Å². The third-order valence-electron chi connectivity index (χ3n) is 6.35. The second-order valence-corrected chi connectivity index (χ2v) is 11.2. The molecule has 0 fully saturated rings. The number of anilines is 1. The summed E-state index contributed by atoms with van der Waals surface area (Å²) >= 11 is 0. The number of methoxy groups -OCH3 is 2. The van der Waals surface area contributed by atoms with Gasteiger partial charge in [-0.3, -0.25) is 13.9 Å². The summed E-state index contributed by atoms with van der Waals surface area (Å²) in [6.45, 7) is 1.99. The second kappa shape index (κ2) is 14.4. The Kier molecular flexibility index (Phi) is 11.0. The molecule has 3 aromatic carbocycles. The molecule has 0 spiro atoms. The van der Waals surface area contributed by atoms with E-state index in [1.165, 1.54) is 12.0 Å².